The second-order valence-electron chi connectivity index (χ2n) is 7.22. The first-order valence-electron chi connectivity index (χ1n) is 13.6. The van der Waals surface area contributed by atoms with Crippen molar-refractivity contribution in [1.29, 1.82) is 0 Å². The van der Waals surface area contributed by atoms with E-state index in [1.807, 2.05) is 0 Å². The first-order valence-corrected chi connectivity index (χ1v) is 17.6. The summed E-state index contributed by atoms with van der Waals surface area (Å²) in [4.78, 5) is 0. The van der Waals surface area contributed by atoms with Crippen molar-refractivity contribution in [3.8, 4) is 0 Å². The molecule has 0 N–H and O–H groups in total. The zero-order valence-electron chi connectivity index (χ0n) is 28.5. The van der Waals surface area contributed by atoms with Crippen LogP contribution in [0.5, 0.6) is 0 Å². The highest BCUT2D eigenvalue weighted by Gasteiger charge is 2.30. The van der Waals surface area contributed by atoms with Crippen LogP contribution < -0.4 is 0 Å². The molecule has 0 aromatic carbocycles. The Bertz CT molecular complexity index is 551. The molecule has 0 saturated carbocycles. The summed E-state index contributed by atoms with van der Waals surface area (Å²) in [6, 6.07) is 0. The molecule has 0 aromatic heterocycles. The number of hydrogen-bond donors (Lipinski definition) is 0. The van der Waals surface area contributed by atoms with Gasteiger partial charge in [0.25, 0.3) is 0 Å². The highest BCUT2D eigenvalue weighted by atomic mass is 32.3. The number of nitrogens with zero attached hydrogens (tertiary/aromatic N) is 4. The van der Waals surface area contributed by atoms with E-state index < -0.39 is 76.4 Å². The van der Waals surface area contributed by atoms with Crippen LogP contribution in [0.2, 0.25) is 0 Å². The third kappa shape index (κ3) is 117. The standard InChI is InChI=1S/4C4H10F2NS.4BF4/c4*1-3-7(4-2)8(5)6;4*2-1(3,4)5/h4*3-4H2,1-2H3;;;;/q4*+1;4*-1. The minimum atomic E-state index is -6.00. The summed E-state index contributed by atoms with van der Waals surface area (Å²) in [5.74, 6) is 0. The topological polar surface area (TPSA) is 13.0 Å². The lowest BCUT2D eigenvalue weighted by Crippen LogP contribution is -2.23. The Morgan fingerprint density at radius 1 is 0.250 bits per heavy atom. The van der Waals surface area contributed by atoms with Crippen LogP contribution in [0.1, 0.15) is 55.4 Å². The fraction of sp³-hybridized carbons (Fsp3) is 1.00. The van der Waals surface area contributed by atoms with E-state index in [-0.39, 0.29) is 0 Å². The number of hydrogen-bond acceptors (Lipinski definition) is 4. The summed E-state index contributed by atoms with van der Waals surface area (Å²) >= 11 is -10.1. The Morgan fingerprint density at radius 3 is 0.308 bits per heavy atom. The maximum Gasteiger partial charge on any atom is 0.673 e. The van der Waals surface area contributed by atoms with E-state index in [0.29, 0.717) is 52.4 Å². The summed E-state index contributed by atoms with van der Waals surface area (Å²) in [5, 5.41) is 0. The Hall–Kier alpha value is -0.180. The zero-order chi connectivity index (χ0) is 44.3. The van der Waals surface area contributed by atoms with Crippen molar-refractivity contribution in [1.82, 2.24) is 17.2 Å². The van der Waals surface area contributed by atoms with Crippen molar-refractivity contribution < 1.29 is 100 Å². The van der Waals surface area contributed by atoms with Crippen molar-refractivity contribution in [2.75, 3.05) is 52.4 Å². The molecule has 0 spiro atoms. The fourth-order valence-corrected chi connectivity index (χ4v) is 3.24. The van der Waals surface area contributed by atoms with E-state index in [9.17, 15) is 100 Å². The number of rotatable bonds is 12. The summed E-state index contributed by atoms with van der Waals surface area (Å²) in [6.45, 7) is 17.3. The minimum Gasteiger partial charge on any atom is -0.418 e. The van der Waals surface area contributed by atoms with Crippen LogP contribution in [-0.2, 0) is 47.4 Å². The third-order valence-electron chi connectivity index (χ3n) is 3.60. The van der Waals surface area contributed by atoms with Gasteiger partial charge in [0.05, 0.1) is 31.1 Å². The van der Waals surface area contributed by atoms with E-state index >= 15 is 0 Å². The molecule has 0 radical (unpaired) electrons. The molecule has 0 fully saturated rings. The van der Waals surface area contributed by atoms with Crippen molar-refractivity contribution in [2.45, 2.75) is 55.4 Å². The highest BCUT2D eigenvalue weighted by molar-refractivity contribution is 7.85. The Kier molecular flexibility index (Phi) is 54.3. The van der Waals surface area contributed by atoms with Gasteiger partial charge in [-0.25, -0.2) is 0 Å². The molecule has 0 amide bonds. The highest BCUT2D eigenvalue weighted by Crippen LogP contribution is 2.10. The smallest absolute Gasteiger partial charge is 0.418 e. The van der Waals surface area contributed by atoms with Gasteiger partial charge in [-0.05, 0) is 55.4 Å². The summed E-state index contributed by atoms with van der Waals surface area (Å²) in [5.41, 5.74) is 0. The van der Waals surface area contributed by atoms with Gasteiger partial charge < -0.3 is 69.1 Å². The van der Waals surface area contributed by atoms with Crippen molar-refractivity contribution in [3.05, 3.63) is 0 Å². The average Bonchev–Trinajstić information content (AvgIpc) is 2.88. The van der Waals surface area contributed by atoms with Crippen LogP contribution in [0, 0.1) is 0 Å². The van der Waals surface area contributed by atoms with Crippen LogP contribution >= 0.6 is 0 Å². The summed E-state index contributed by atoms with van der Waals surface area (Å²) in [6.07, 6.45) is 0. The number of halogens is 24. The van der Waals surface area contributed by atoms with Gasteiger partial charge in [-0.1, -0.05) is 17.2 Å². The minimum absolute atomic E-state index is 0.437. The van der Waals surface area contributed by atoms with Gasteiger partial charge in [0.15, 0.2) is 0 Å². The first-order chi connectivity index (χ1) is 22.9. The maximum atomic E-state index is 11.7. The van der Waals surface area contributed by atoms with E-state index in [2.05, 4.69) is 0 Å². The van der Waals surface area contributed by atoms with Gasteiger partial charge in [-0.2, -0.15) is 0 Å². The largest absolute Gasteiger partial charge is 0.673 e. The molecule has 0 rings (SSSR count). The lowest BCUT2D eigenvalue weighted by molar-refractivity contribution is 0.366. The van der Waals surface area contributed by atoms with Gasteiger partial charge in [-0.15, -0.1) is 0 Å². The molecule has 0 heterocycles. The van der Waals surface area contributed by atoms with Crippen molar-refractivity contribution >= 4 is 76.4 Å². The van der Waals surface area contributed by atoms with E-state index in [1.54, 1.807) is 55.4 Å². The lowest BCUT2D eigenvalue weighted by atomic mass is 10.3. The fourth-order valence-electron chi connectivity index (χ4n) is 1.68. The Balaban J connectivity index is -0.0000000716. The van der Waals surface area contributed by atoms with Gasteiger partial charge in [0, 0.05) is 52.4 Å². The SMILES string of the molecule is CCN(CC)[S+](F)F.CCN(CC)[S+](F)F.CCN(CC)[S+](F)F.CCN(CC)[S+](F)F.F[B-](F)(F)F.F[B-](F)(F)F.F[B-](F)(F)F.F[B-](F)(F)F. The maximum absolute atomic E-state index is 11.7. The summed E-state index contributed by atoms with van der Waals surface area (Å²) < 4.78 is 254. The van der Waals surface area contributed by atoms with Crippen LogP contribution in [-0.4, -0.2) is 98.6 Å². The molecule has 36 heteroatoms. The molecular formula is C16H40B4F24N4S4. The predicted molar refractivity (Wildman–Crippen MR) is 171 cm³/mol. The molecule has 0 saturated heterocycles. The van der Waals surface area contributed by atoms with E-state index in [1.165, 1.54) is 0 Å². The zero-order valence-corrected chi connectivity index (χ0v) is 31.7. The molecule has 52 heavy (non-hydrogen) atoms. The normalized spacial score (nSPS) is 11.5. The van der Waals surface area contributed by atoms with Gasteiger partial charge in [-0.3, -0.25) is 0 Å². The van der Waals surface area contributed by atoms with Crippen LogP contribution in [0.15, 0.2) is 0 Å². The average molecular weight is 916 g/mol. The van der Waals surface area contributed by atoms with Crippen molar-refractivity contribution in [2.24, 2.45) is 0 Å². The predicted octanol–water partition coefficient (Wildman–Crippen LogP) is 11.7. The van der Waals surface area contributed by atoms with Crippen molar-refractivity contribution in [3.63, 3.8) is 0 Å². The molecule has 0 aromatic rings. The molecule has 328 valence electrons. The van der Waals surface area contributed by atoms with Crippen LogP contribution in [0.4, 0.5) is 100 Å². The monoisotopic (exact) mass is 916 g/mol. The second-order valence-corrected chi connectivity index (χ2v) is 10.9. The van der Waals surface area contributed by atoms with Crippen LogP contribution in [0.25, 0.3) is 0 Å². The molecule has 0 aliphatic rings. The molecule has 0 bridgehead atoms. The summed E-state index contributed by atoms with van der Waals surface area (Å²) in [7, 11) is -24.0. The van der Waals surface area contributed by atoms with Gasteiger partial charge in [0.1, 0.15) is 0 Å². The van der Waals surface area contributed by atoms with Gasteiger partial charge in [0.2, 0.25) is 0 Å². The quantitative estimate of drug-likeness (QED) is 0.110. The molecule has 4 nitrogen and oxygen atoms in total. The van der Waals surface area contributed by atoms with Gasteiger partial charge >= 0.3 is 76.4 Å². The second kappa shape index (κ2) is 40.5. The lowest BCUT2D eigenvalue weighted by Gasteiger charge is -2.00. The molecule has 0 aliphatic heterocycles. The Morgan fingerprint density at radius 2 is 0.308 bits per heavy atom. The third-order valence-corrected chi connectivity index (χ3v) is 7.23. The molecule has 0 aliphatic carbocycles. The first kappa shape index (κ1) is 69.7. The molecular weight excluding hydrogens is 876 g/mol. The van der Waals surface area contributed by atoms with E-state index in [4.69, 9.17) is 0 Å². The van der Waals surface area contributed by atoms with Crippen LogP contribution in [0.3, 0.4) is 0 Å². The Labute approximate surface area is 301 Å². The molecule has 0 unspecified atom stereocenters. The molecule has 0 atom stereocenters. The van der Waals surface area contributed by atoms with E-state index in [0.717, 1.165) is 17.2 Å².